The van der Waals surface area contributed by atoms with Crippen LogP contribution in [0.5, 0.6) is 0 Å². The van der Waals surface area contributed by atoms with E-state index in [-0.39, 0.29) is 6.04 Å². The number of hydrogen-bond acceptors (Lipinski definition) is 4. The molecule has 0 fully saturated rings. The maximum atomic E-state index is 8.87. The van der Waals surface area contributed by atoms with Crippen molar-refractivity contribution in [1.82, 2.24) is 9.80 Å². The lowest BCUT2D eigenvalue weighted by atomic mass is 9.91. The lowest BCUT2D eigenvalue weighted by Crippen LogP contribution is -2.34. The number of nitrogens with one attached hydrogen (secondary N) is 1. The Morgan fingerprint density at radius 3 is 2.46 bits per heavy atom. The summed E-state index contributed by atoms with van der Waals surface area (Å²) < 4.78 is 0. The van der Waals surface area contributed by atoms with Crippen molar-refractivity contribution < 1.29 is 0 Å². The van der Waals surface area contributed by atoms with Gasteiger partial charge in [0.1, 0.15) is 0 Å². The molecule has 2 rings (SSSR count). The summed E-state index contributed by atoms with van der Waals surface area (Å²) in [6, 6.07) is 12.6. The Hall–Kier alpha value is -2.51. The number of benzene rings is 1. The molecule has 0 aliphatic heterocycles. The molecule has 0 saturated heterocycles. The number of nitriles is 1. The van der Waals surface area contributed by atoms with E-state index in [2.05, 4.69) is 79.9 Å². The van der Waals surface area contributed by atoms with Gasteiger partial charge < -0.3 is 10.2 Å². The Morgan fingerprint density at radius 1 is 1.17 bits per heavy atom. The largest absolute Gasteiger partial charge is 0.377 e. The van der Waals surface area contributed by atoms with Crippen molar-refractivity contribution in [3.8, 4) is 6.07 Å². The van der Waals surface area contributed by atoms with Gasteiger partial charge in [0.05, 0.1) is 12.1 Å². The molecule has 4 nitrogen and oxygen atoms in total. The minimum absolute atomic E-state index is 0.178. The minimum Gasteiger partial charge on any atom is -0.377 e. The van der Waals surface area contributed by atoms with Crippen LogP contribution in [0.1, 0.15) is 12.8 Å². The summed E-state index contributed by atoms with van der Waals surface area (Å²) in [5.41, 5.74) is 4.68. The number of likely N-dealkylation sites (N-methyl/N-ethyl adjacent to an activating group) is 2. The molecule has 0 bridgehead atoms. The van der Waals surface area contributed by atoms with Crippen LogP contribution in [0.15, 0.2) is 65.5 Å². The van der Waals surface area contributed by atoms with Crippen molar-refractivity contribution in [2.45, 2.75) is 18.9 Å². The number of rotatable bonds is 6. The fourth-order valence-corrected chi connectivity index (χ4v) is 2.78. The van der Waals surface area contributed by atoms with E-state index in [0.717, 1.165) is 12.1 Å². The van der Waals surface area contributed by atoms with Crippen molar-refractivity contribution in [3.63, 3.8) is 0 Å². The van der Waals surface area contributed by atoms with Gasteiger partial charge >= 0.3 is 0 Å². The topological polar surface area (TPSA) is 42.3 Å². The van der Waals surface area contributed by atoms with Gasteiger partial charge in [-0.1, -0.05) is 24.3 Å². The van der Waals surface area contributed by atoms with Crippen LogP contribution in [0.2, 0.25) is 0 Å². The van der Waals surface area contributed by atoms with Crippen LogP contribution in [0.25, 0.3) is 0 Å². The first-order valence-electron chi connectivity index (χ1n) is 8.18. The maximum Gasteiger partial charge on any atom is 0.0625 e. The zero-order chi connectivity index (χ0) is 17.5. The summed E-state index contributed by atoms with van der Waals surface area (Å²) in [6.45, 7) is 0. The fourth-order valence-electron chi connectivity index (χ4n) is 2.78. The third-order valence-electron chi connectivity index (χ3n) is 4.04. The molecule has 1 aliphatic rings. The molecule has 1 N–H and O–H groups in total. The lowest BCUT2D eigenvalue weighted by molar-refractivity contribution is 0.364. The van der Waals surface area contributed by atoms with Gasteiger partial charge in [-0.2, -0.15) is 5.26 Å². The predicted octanol–water partition coefficient (Wildman–Crippen LogP) is 3.60. The SMILES string of the molecule is CN(C)C1=CC(CCC#N)=CC(N(C)C)C1=CNc1ccccc1. The van der Waals surface area contributed by atoms with E-state index in [1.54, 1.807) is 0 Å². The number of allylic oxidation sites excluding steroid dienone is 2. The molecule has 1 aliphatic carbocycles. The van der Waals surface area contributed by atoms with Crippen LogP contribution < -0.4 is 5.32 Å². The Labute approximate surface area is 145 Å². The molecule has 0 amide bonds. The highest BCUT2D eigenvalue weighted by molar-refractivity contribution is 5.52. The van der Waals surface area contributed by atoms with E-state index in [1.807, 2.05) is 18.2 Å². The molecule has 4 heteroatoms. The van der Waals surface area contributed by atoms with Gasteiger partial charge in [0.25, 0.3) is 0 Å². The average Bonchev–Trinajstić information content (AvgIpc) is 2.58. The second-order valence-electron chi connectivity index (χ2n) is 6.34. The molecule has 1 aromatic rings. The van der Waals surface area contributed by atoms with Crippen LogP contribution in [0, 0.1) is 11.3 Å². The van der Waals surface area contributed by atoms with Gasteiger partial charge in [-0.15, -0.1) is 0 Å². The zero-order valence-corrected chi connectivity index (χ0v) is 15.0. The zero-order valence-electron chi connectivity index (χ0n) is 15.0. The quantitative estimate of drug-likeness (QED) is 0.869. The number of para-hydroxylation sites is 1. The highest BCUT2D eigenvalue weighted by Crippen LogP contribution is 2.29. The molecule has 126 valence electrons. The molecular formula is C20H26N4. The minimum atomic E-state index is 0.178. The van der Waals surface area contributed by atoms with Crippen LogP contribution in [0.4, 0.5) is 5.69 Å². The Balaban J connectivity index is 2.34. The monoisotopic (exact) mass is 322 g/mol. The summed E-state index contributed by atoms with van der Waals surface area (Å²) in [5, 5.41) is 12.3. The van der Waals surface area contributed by atoms with Gasteiger partial charge in [-0.3, -0.25) is 4.90 Å². The van der Waals surface area contributed by atoms with Crippen molar-refractivity contribution in [2.75, 3.05) is 33.5 Å². The Bertz CT molecular complexity index is 675. The standard InChI is InChI=1S/C20H26N4/c1-23(2)19-13-16(9-8-12-21)14-20(24(3)4)18(19)15-22-17-10-6-5-7-11-17/h5-7,10-11,13-15,19,22H,8-9H2,1-4H3. The first-order chi connectivity index (χ1) is 11.5. The highest BCUT2D eigenvalue weighted by Gasteiger charge is 2.24. The second-order valence-corrected chi connectivity index (χ2v) is 6.34. The molecule has 0 saturated carbocycles. The molecule has 1 atom stereocenters. The third kappa shape index (κ3) is 4.50. The summed E-state index contributed by atoms with van der Waals surface area (Å²) in [4.78, 5) is 4.33. The highest BCUT2D eigenvalue weighted by atomic mass is 15.1. The molecule has 1 aromatic carbocycles. The van der Waals surface area contributed by atoms with Gasteiger partial charge in [0, 0.05) is 43.7 Å². The molecule has 24 heavy (non-hydrogen) atoms. The van der Waals surface area contributed by atoms with Crippen LogP contribution >= 0.6 is 0 Å². The van der Waals surface area contributed by atoms with Crippen LogP contribution in [0.3, 0.4) is 0 Å². The fraction of sp³-hybridized carbons (Fsp3) is 0.350. The van der Waals surface area contributed by atoms with Crippen LogP contribution in [-0.2, 0) is 0 Å². The number of anilines is 1. The van der Waals surface area contributed by atoms with E-state index in [0.29, 0.717) is 6.42 Å². The van der Waals surface area contributed by atoms with Crippen molar-refractivity contribution >= 4 is 5.69 Å². The summed E-state index contributed by atoms with van der Waals surface area (Å²) in [6.07, 6.45) is 7.87. The summed E-state index contributed by atoms with van der Waals surface area (Å²) in [7, 11) is 8.28. The normalized spacial score (nSPS) is 18.8. The van der Waals surface area contributed by atoms with Crippen molar-refractivity contribution in [1.29, 1.82) is 5.26 Å². The third-order valence-corrected chi connectivity index (χ3v) is 4.04. The van der Waals surface area contributed by atoms with Gasteiger partial charge in [0.15, 0.2) is 0 Å². The lowest BCUT2D eigenvalue weighted by Gasteiger charge is -2.33. The Kier molecular flexibility index (Phi) is 6.22. The van der Waals surface area contributed by atoms with E-state index in [1.165, 1.54) is 16.8 Å². The second kappa shape index (κ2) is 8.37. The summed E-state index contributed by atoms with van der Waals surface area (Å²) in [5.74, 6) is 0. The number of hydrogen-bond donors (Lipinski definition) is 1. The molecule has 0 radical (unpaired) electrons. The molecule has 0 spiro atoms. The molecular weight excluding hydrogens is 296 g/mol. The molecule has 0 heterocycles. The first-order valence-corrected chi connectivity index (χ1v) is 8.18. The van der Waals surface area contributed by atoms with E-state index in [9.17, 15) is 0 Å². The van der Waals surface area contributed by atoms with E-state index < -0.39 is 0 Å². The Morgan fingerprint density at radius 2 is 1.88 bits per heavy atom. The van der Waals surface area contributed by atoms with Gasteiger partial charge in [-0.05, 0) is 44.3 Å². The first kappa shape index (κ1) is 17.8. The van der Waals surface area contributed by atoms with Gasteiger partial charge in [-0.25, -0.2) is 0 Å². The smallest absolute Gasteiger partial charge is 0.0625 e. The maximum absolute atomic E-state index is 8.87. The molecule has 1 unspecified atom stereocenters. The van der Waals surface area contributed by atoms with E-state index in [4.69, 9.17) is 5.26 Å². The van der Waals surface area contributed by atoms with Crippen molar-refractivity contribution in [2.24, 2.45) is 0 Å². The molecule has 0 aromatic heterocycles. The average molecular weight is 322 g/mol. The van der Waals surface area contributed by atoms with Gasteiger partial charge in [0.2, 0.25) is 0 Å². The predicted molar refractivity (Wildman–Crippen MR) is 100 cm³/mol. The summed E-state index contributed by atoms with van der Waals surface area (Å²) >= 11 is 0. The van der Waals surface area contributed by atoms with E-state index >= 15 is 0 Å². The van der Waals surface area contributed by atoms with Crippen molar-refractivity contribution in [3.05, 3.63) is 65.5 Å². The van der Waals surface area contributed by atoms with Crippen LogP contribution in [-0.4, -0.2) is 44.0 Å². The number of nitrogens with zero attached hydrogens (tertiary/aromatic N) is 3.